The monoisotopic (exact) mass is 290 g/mol. The number of nitrogens with one attached hydrogen (secondary N) is 1. The Labute approximate surface area is 118 Å². The first-order chi connectivity index (χ1) is 8.49. The summed E-state index contributed by atoms with van der Waals surface area (Å²) in [5, 5.41) is 2.52. The fourth-order valence-electron chi connectivity index (χ4n) is 0.821. The number of carbonyl (C=O) groups is 2. The van der Waals surface area contributed by atoms with E-state index in [4.69, 9.17) is 9.47 Å². The normalized spacial score (nSPS) is 12.3. The Bertz CT molecular complexity index is 343. The van der Waals surface area contributed by atoms with Crippen LogP contribution in [0.25, 0.3) is 0 Å². The molecule has 0 aliphatic heterocycles. The number of hydrogen-bond acceptors (Lipinski definition) is 5. The average molecular weight is 290 g/mol. The lowest BCUT2D eigenvalue weighted by Crippen LogP contribution is -2.32. The highest BCUT2D eigenvalue weighted by Crippen LogP contribution is 2.08. The van der Waals surface area contributed by atoms with Gasteiger partial charge in [0.25, 0.3) is 0 Å². The molecular formula is C12H22N2O4S. The lowest BCUT2D eigenvalue weighted by molar-refractivity contribution is 0.0537. The van der Waals surface area contributed by atoms with Crippen molar-refractivity contribution >= 4 is 29.5 Å². The van der Waals surface area contributed by atoms with E-state index < -0.39 is 23.4 Å². The number of carbonyl (C=O) groups excluding carboxylic acids is 2. The van der Waals surface area contributed by atoms with Crippen LogP contribution in [0.1, 0.15) is 41.5 Å². The summed E-state index contributed by atoms with van der Waals surface area (Å²) in [6.07, 6.45) is -1.16. The van der Waals surface area contributed by atoms with Gasteiger partial charge in [-0.15, -0.1) is 0 Å². The van der Waals surface area contributed by atoms with Crippen molar-refractivity contribution in [1.82, 2.24) is 5.32 Å². The molecule has 0 atom stereocenters. The van der Waals surface area contributed by atoms with Gasteiger partial charge in [0.1, 0.15) is 11.2 Å². The Hall–Kier alpha value is -1.24. The number of amides is 2. The molecular weight excluding hydrogens is 268 g/mol. The number of thioether (sulfide) groups is 1. The molecule has 0 aromatic rings. The van der Waals surface area contributed by atoms with Crippen LogP contribution in [0.5, 0.6) is 0 Å². The van der Waals surface area contributed by atoms with Crippen LogP contribution >= 0.6 is 11.8 Å². The van der Waals surface area contributed by atoms with Crippen molar-refractivity contribution in [1.29, 1.82) is 0 Å². The second-order valence-electron chi connectivity index (χ2n) is 5.70. The van der Waals surface area contributed by atoms with E-state index in [1.807, 2.05) is 0 Å². The first-order valence-corrected chi connectivity index (χ1v) is 6.88. The van der Waals surface area contributed by atoms with Gasteiger partial charge in [-0.3, -0.25) is 0 Å². The molecule has 0 bridgehead atoms. The first-order valence-electron chi connectivity index (χ1n) is 5.83. The van der Waals surface area contributed by atoms with Gasteiger partial charge in [-0.25, -0.2) is 9.59 Å². The summed E-state index contributed by atoms with van der Waals surface area (Å²) in [6.45, 7) is 10.6. The topological polar surface area (TPSA) is 77.0 Å². The van der Waals surface area contributed by atoms with Crippen molar-refractivity contribution < 1.29 is 19.1 Å². The molecule has 0 aliphatic rings. The second kappa shape index (κ2) is 7.37. The summed E-state index contributed by atoms with van der Waals surface area (Å²) < 4.78 is 10.0. The molecule has 0 saturated carbocycles. The molecule has 19 heavy (non-hydrogen) atoms. The molecule has 0 unspecified atom stereocenters. The minimum atomic E-state index is -0.655. The van der Waals surface area contributed by atoms with Gasteiger partial charge in [0, 0.05) is 0 Å². The van der Waals surface area contributed by atoms with Crippen molar-refractivity contribution in [3.8, 4) is 0 Å². The van der Waals surface area contributed by atoms with Gasteiger partial charge in [0.05, 0.1) is 11.4 Å². The molecule has 0 rings (SSSR count). The van der Waals surface area contributed by atoms with Crippen molar-refractivity contribution in [2.75, 3.05) is 5.88 Å². The molecule has 110 valence electrons. The van der Waals surface area contributed by atoms with Gasteiger partial charge in [-0.1, -0.05) is 11.8 Å². The third-order valence-electron chi connectivity index (χ3n) is 1.32. The maximum atomic E-state index is 11.3. The average Bonchev–Trinajstić information content (AvgIpc) is 2.10. The number of rotatable bonds is 3. The van der Waals surface area contributed by atoms with E-state index in [1.165, 1.54) is 5.55 Å². The van der Waals surface area contributed by atoms with Crippen molar-refractivity contribution in [2.24, 2.45) is 4.99 Å². The van der Waals surface area contributed by atoms with E-state index in [-0.39, 0.29) is 5.88 Å². The molecule has 1 N–H and O–H groups in total. The predicted molar refractivity (Wildman–Crippen MR) is 76.6 cm³/mol. The number of aliphatic imine (C=N–C) groups is 1. The Morgan fingerprint density at radius 3 is 2.11 bits per heavy atom. The van der Waals surface area contributed by atoms with Crippen molar-refractivity contribution in [3.63, 3.8) is 0 Å². The third-order valence-corrected chi connectivity index (χ3v) is 1.89. The van der Waals surface area contributed by atoms with Crippen LogP contribution in [0.3, 0.4) is 0 Å². The largest absolute Gasteiger partial charge is 0.444 e. The minimum absolute atomic E-state index is 0.265. The van der Waals surface area contributed by atoms with E-state index in [9.17, 15) is 9.59 Å². The van der Waals surface area contributed by atoms with Gasteiger partial charge < -0.3 is 14.8 Å². The summed E-state index contributed by atoms with van der Waals surface area (Å²) >= 11 is 1.16. The van der Waals surface area contributed by atoms with Gasteiger partial charge in [0.2, 0.25) is 0 Å². The highest BCUT2D eigenvalue weighted by molar-refractivity contribution is 8.12. The number of nitrogens with zero attached hydrogens (tertiary/aromatic N) is 1. The van der Waals surface area contributed by atoms with Gasteiger partial charge in [0.15, 0.2) is 0 Å². The van der Waals surface area contributed by atoms with Crippen LogP contribution in [-0.4, -0.2) is 34.8 Å². The lowest BCUT2D eigenvalue weighted by atomic mass is 10.2. The molecule has 0 aliphatic carbocycles. The molecule has 7 heteroatoms. The van der Waals surface area contributed by atoms with E-state index in [0.717, 1.165) is 11.8 Å². The highest BCUT2D eigenvalue weighted by atomic mass is 32.2. The number of hydrogen-bond donors (Lipinski definition) is 1. The van der Waals surface area contributed by atoms with Crippen molar-refractivity contribution in [2.45, 2.75) is 52.7 Å². The van der Waals surface area contributed by atoms with Crippen LogP contribution < -0.4 is 5.32 Å². The summed E-state index contributed by atoms with van der Waals surface area (Å²) in [5.41, 5.74) is 0.235. The minimum Gasteiger partial charge on any atom is -0.444 e. The first kappa shape index (κ1) is 17.8. The maximum absolute atomic E-state index is 11.3. The standard InChI is InChI=1S/C12H22N2O4S/c1-11(2,3)17-9(15)13-7-19-8-14-10(16)18-12(4,5)6/h7H,8H2,1-6H3,(H,14,16)/b13-7+. The van der Waals surface area contributed by atoms with E-state index in [0.29, 0.717) is 0 Å². The molecule has 0 aromatic carbocycles. The Morgan fingerprint density at radius 1 is 1.11 bits per heavy atom. The van der Waals surface area contributed by atoms with Crippen LogP contribution in [-0.2, 0) is 9.47 Å². The van der Waals surface area contributed by atoms with Gasteiger partial charge in [-0.05, 0) is 41.5 Å². The summed E-state index contributed by atoms with van der Waals surface area (Å²) in [7, 11) is 0. The molecule has 0 fully saturated rings. The van der Waals surface area contributed by atoms with Gasteiger partial charge >= 0.3 is 12.2 Å². The number of alkyl carbamates (subject to hydrolysis) is 1. The zero-order valence-corrected chi connectivity index (χ0v) is 13.1. The third kappa shape index (κ3) is 13.0. The maximum Gasteiger partial charge on any atom is 0.434 e. The molecule has 0 heterocycles. The molecule has 6 nitrogen and oxygen atoms in total. The smallest absolute Gasteiger partial charge is 0.434 e. The molecule has 0 spiro atoms. The van der Waals surface area contributed by atoms with Gasteiger partial charge in [-0.2, -0.15) is 4.99 Å². The van der Waals surface area contributed by atoms with Crippen molar-refractivity contribution in [3.05, 3.63) is 0 Å². The fourth-order valence-corrected chi connectivity index (χ4v) is 1.26. The van der Waals surface area contributed by atoms with E-state index in [2.05, 4.69) is 10.3 Å². The highest BCUT2D eigenvalue weighted by Gasteiger charge is 2.16. The molecule has 0 saturated heterocycles. The summed E-state index contributed by atoms with van der Waals surface area (Å²) in [4.78, 5) is 26.0. The van der Waals surface area contributed by atoms with E-state index in [1.54, 1.807) is 41.5 Å². The summed E-state index contributed by atoms with van der Waals surface area (Å²) in [5.74, 6) is 0.265. The molecule has 0 radical (unpaired) electrons. The van der Waals surface area contributed by atoms with Crippen LogP contribution in [0, 0.1) is 0 Å². The summed E-state index contributed by atoms with van der Waals surface area (Å²) in [6, 6.07) is 0. The molecule has 2 amide bonds. The predicted octanol–water partition coefficient (Wildman–Crippen LogP) is 3.17. The van der Waals surface area contributed by atoms with Crippen LogP contribution in [0.4, 0.5) is 9.59 Å². The lowest BCUT2D eigenvalue weighted by Gasteiger charge is -2.19. The zero-order valence-electron chi connectivity index (χ0n) is 12.3. The second-order valence-corrected chi connectivity index (χ2v) is 6.54. The zero-order chi connectivity index (χ0) is 15.1. The quantitative estimate of drug-likeness (QED) is 0.374. The fraction of sp³-hybridized carbons (Fsp3) is 0.750. The van der Waals surface area contributed by atoms with Crippen LogP contribution in [0.2, 0.25) is 0 Å². The Morgan fingerprint density at radius 2 is 1.63 bits per heavy atom. The molecule has 0 aromatic heterocycles. The van der Waals surface area contributed by atoms with Crippen LogP contribution in [0.15, 0.2) is 4.99 Å². The SMILES string of the molecule is CC(C)(C)OC(=O)/N=C/SCNC(=O)OC(C)(C)C. The Kier molecular flexibility index (Phi) is 6.89. The number of ether oxygens (including phenoxy) is 2. The Balaban J connectivity index is 3.81. The van der Waals surface area contributed by atoms with E-state index >= 15 is 0 Å².